The molecule has 0 aliphatic rings. The summed E-state index contributed by atoms with van der Waals surface area (Å²) in [6.45, 7) is 4.65. The number of benzene rings is 2. The second-order valence-corrected chi connectivity index (χ2v) is 9.88. The predicted molar refractivity (Wildman–Crippen MR) is 119 cm³/mol. The molecule has 178 valence electrons. The van der Waals surface area contributed by atoms with Crippen molar-refractivity contribution in [1.82, 2.24) is 5.32 Å². The van der Waals surface area contributed by atoms with Crippen LogP contribution in [0, 0.1) is 0 Å². The van der Waals surface area contributed by atoms with Gasteiger partial charge in [0, 0.05) is 24.3 Å². The van der Waals surface area contributed by atoms with Gasteiger partial charge in [0.05, 0.1) is 9.79 Å². The third-order valence-corrected chi connectivity index (χ3v) is 5.79. The Balaban J connectivity index is 0.00000578. The van der Waals surface area contributed by atoms with E-state index in [0.717, 1.165) is 24.3 Å². The molecule has 0 unspecified atom stereocenters. The molecule has 0 aromatic heterocycles. The largest absolute Gasteiger partial charge is 1.00 e. The fraction of sp³-hybridized carbons (Fsp3) is 0.200. The Morgan fingerprint density at radius 2 is 1.20 bits per heavy atom. The van der Waals surface area contributed by atoms with Crippen LogP contribution in [0.4, 0.5) is 16.2 Å². The Hall–Kier alpha value is -1.26. The van der Waals surface area contributed by atoms with Crippen molar-refractivity contribution < 1.29 is 94.6 Å². The second kappa shape index (κ2) is 13.9. The number of anilines is 2. The van der Waals surface area contributed by atoms with Gasteiger partial charge in [0.15, 0.2) is 0 Å². The molecule has 0 atom stereocenters. The van der Waals surface area contributed by atoms with Crippen LogP contribution in [-0.4, -0.2) is 43.9 Å². The van der Waals surface area contributed by atoms with Gasteiger partial charge < -0.3 is 25.1 Å². The molecule has 0 bridgehead atoms. The fourth-order valence-corrected chi connectivity index (χ4v) is 4.14. The van der Waals surface area contributed by atoms with Gasteiger partial charge in [-0.1, -0.05) is 24.3 Å². The summed E-state index contributed by atoms with van der Waals surface area (Å²) >= 11 is 0. The van der Waals surface area contributed by atoms with Gasteiger partial charge in [-0.15, -0.1) is 0 Å². The van der Waals surface area contributed by atoms with E-state index in [1.165, 1.54) is 31.2 Å². The van der Waals surface area contributed by atoms with Crippen LogP contribution in [0.5, 0.6) is 0 Å². The van der Waals surface area contributed by atoms with Crippen LogP contribution in [0.25, 0.3) is 12.2 Å². The molecule has 0 fully saturated rings. The van der Waals surface area contributed by atoms with Crippen LogP contribution in [0.1, 0.15) is 31.9 Å². The van der Waals surface area contributed by atoms with Crippen LogP contribution in [0.15, 0.2) is 46.2 Å². The Bertz CT molecular complexity index is 1330. The first-order valence-electron chi connectivity index (χ1n) is 9.40. The topological polar surface area (TPSA) is 185 Å². The zero-order valence-corrected chi connectivity index (χ0v) is 25.4. The quantitative estimate of drug-likeness (QED) is 0.181. The number of nitrogens with one attached hydrogen (secondary N) is 3. The van der Waals surface area contributed by atoms with Gasteiger partial charge in [0.2, 0.25) is 5.91 Å². The van der Waals surface area contributed by atoms with Crippen LogP contribution < -0.4 is 75.1 Å². The molecule has 0 spiro atoms. The number of urea groups is 1. The van der Waals surface area contributed by atoms with E-state index in [1.807, 2.05) is 0 Å². The molecule has 0 heterocycles. The van der Waals surface area contributed by atoms with Gasteiger partial charge in [-0.25, -0.2) is 21.6 Å². The van der Waals surface area contributed by atoms with E-state index in [9.17, 15) is 35.5 Å². The summed E-state index contributed by atoms with van der Waals surface area (Å²) in [6.07, 6.45) is 2.29. The van der Waals surface area contributed by atoms with Crippen molar-refractivity contribution in [1.29, 1.82) is 0 Å². The predicted octanol–water partition coefficient (Wildman–Crippen LogP) is -3.84. The molecular weight excluding hydrogens is 520 g/mol. The number of hydrogen-bond acceptors (Lipinski definition) is 8. The van der Waals surface area contributed by atoms with E-state index >= 15 is 0 Å². The molecule has 3 amide bonds. The third kappa shape index (κ3) is 10.7. The molecule has 15 heteroatoms. The number of amides is 3. The fourth-order valence-electron chi connectivity index (χ4n) is 2.74. The van der Waals surface area contributed by atoms with Gasteiger partial charge in [-0.2, -0.15) is 0 Å². The molecule has 0 saturated carbocycles. The molecule has 0 radical (unpaired) electrons. The molecule has 0 aliphatic carbocycles. The first-order chi connectivity index (χ1) is 15.2. The maximum atomic E-state index is 11.8. The minimum atomic E-state index is -4.98. The SMILES string of the molecule is CC(=O)Nc1ccc(/C=C/c2ccc(NC(=O)NC(C)C)cc2S(=O)(=O)[O-])c(S(=O)(=O)[O-])c1.[Na+].[Na+]. The summed E-state index contributed by atoms with van der Waals surface area (Å²) < 4.78 is 70.2. The molecule has 2 aromatic carbocycles. The van der Waals surface area contributed by atoms with E-state index in [4.69, 9.17) is 0 Å². The normalized spacial score (nSPS) is 11.4. The molecule has 2 aromatic rings. The second-order valence-electron chi connectivity index (χ2n) is 7.18. The maximum Gasteiger partial charge on any atom is 1.00 e. The van der Waals surface area contributed by atoms with Gasteiger partial charge in [-0.3, -0.25) is 4.79 Å². The minimum Gasteiger partial charge on any atom is -0.744 e. The zero-order valence-electron chi connectivity index (χ0n) is 19.8. The van der Waals surface area contributed by atoms with Gasteiger partial charge in [-0.05, 0) is 49.2 Å². The Morgan fingerprint density at radius 1 is 0.800 bits per heavy atom. The van der Waals surface area contributed by atoms with E-state index in [1.54, 1.807) is 13.8 Å². The van der Waals surface area contributed by atoms with Crippen molar-refractivity contribution in [2.24, 2.45) is 0 Å². The Kier molecular flexibility index (Phi) is 13.4. The van der Waals surface area contributed by atoms with Gasteiger partial charge in [0.1, 0.15) is 20.2 Å². The zero-order chi connectivity index (χ0) is 25.0. The van der Waals surface area contributed by atoms with E-state index in [2.05, 4.69) is 16.0 Å². The van der Waals surface area contributed by atoms with Crippen molar-refractivity contribution in [2.75, 3.05) is 10.6 Å². The maximum absolute atomic E-state index is 11.8. The van der Waals surface area contributed by atoms with Crippen LogP contribution in [-0.2, 0) is 25.0 Å². The van der Waals surface area contributed by atoms with E-state index < -0.39 is 42.0 Å². The minimum absolute atomic E-state index is 0. The molecule has 0 aliphatic heterocycles. The van der Waals surface area contributed by atoms with Crippen molar-refractivity contribution >= 4 is 55.7 Å². The summed E-state index contributed by atoms with van der Waals surface area (Å²) in [7, 11) is -9.93. The molecule has 0 saturated heterocycles. The summed E-state index contributed by atoms with van der Waals surface area (Å²) in [5, 5.41) is 7.30. The molecule has 2 rings (SSSR count). The van der Waals surface area contributed by atoms with Crippen molar-refractivity contribution in [3.05, 3.63) is 47.5 Å². The number of carbonyl (C=O) groups is 2. The molecule has 11 nitrogen and oxygen atoms in total. The third-order valence-electron chi connectivity index (χ3n) is 4.01. The Morgan fingerprint density at radius 3 is 1.54 bits per heavy atom. The average molecular weight is 542 g/mol. The number of carbonyl (C=O) groups excluding carboxylic acids is 2. The molecular formula is C20H21N3Na2O8S2. The summed E-state index contributed by atoms with van der Waals surface area (Å²) in [4.78, 5) is 21.7. The summed E-state index contributed by atoms with van der Waals surface area (Å²) in [6, 6.07) is 6.32. The van der Waals surface area contributed by atoms with Crippen molar-refractivity contribution in [3.63, 3.8) is 0 Å². The smallest absolute Gasteiger partial charge is 0.744 e. The monoisotopic (exact) mass is 541 g/mol. The molecule has 3 N–H and O–H groups in total. The number of hydrogen-bond donors (Lipinski definition) is 3. The van der Waals surface area contributed by atoms with E-state index in [0.29, 0.717) is 0 Å². The van der Waals surface area contributed by atoms with Crippen molar-refractivity contribution in [3.8, 4) is 0 Å². The average Bonchev–Trinajstić information content (AvgIpc) is 2.65. The standard InChI is InChI=1S/C20H23N3O8S2.2Na/c1-12(2)21-20(25)23-17-9-7-15(19(11-17)33(29,30)31)5-4-14-6-8-16(22-13(3)24)10-18(14)32(26,27)28;;/h4-12H,1-3H3,(H,22,24)(H2,21,23,25)(H,26,27,28)(H,29,30,31);;/q;2*+1/p-2/b5-4+;;. The van der Waals surface area contributed by atoms with Gasteiger partial charge in [0.25, 0.3) is 0 Å². The van der Waals surface area contributed by atoms with Gasteiger partial charge >= 0.3 is 65.1 Å². The molecule has 35 heavy (non-hydrogen) atoms. The summed E-state index contributed by atoms with van der Waals surface area (Å²) in [5.74, 6) is -0.478. The first-order valence-corrected chi connectivity index (χ1v) is 12.2. The van der Waals surface area contributed by atoms with Crippen molar-refractivity contribution in [2.45, 2.75) is 36.6 Å². The van der Waals surface area contributed by atoms with Crippen LogP contribution in [0.3, 0.4) is 0 Å². The first kappa shape index (κ1) is 33.7. The summed E-state index contributed by atoms with van der Waals surface area (Å²) in [5.41, 5.74) is -0.0684. The van der Waals surface area contributed by atoms with E-state index in [-0.39, 0.29) is 87.7 Å². The Labute approximate surface area is 248 Å². The van der Waals surface area contributed by atoms with Crippen LogP contribution in [0.2, 0.25) is 0 Å². The van der Waals surface area contributed by atoms with Crippen LogP contribution >= 0.6 is 0 Å². The number of rotatable bonds is 7.